The van der Waals surface area contributed by atoms with Crippen LogP contribution in [-0.2, 0) is 13.0 Å². The molecule has 1 saturated heterocycles. The monoisotopic (exact) mass is 274 g/mol. The Morgan fingerprint density at radius 1 is 1.25 bits per heavy atom. The van der Waals surface area contributed by atoms with Crippen molar-refractivity contribution in [3.8, 4) is 0 Å². The van der Waals surface area contributed by atoms with Gasteiger partial charge in [-0.1, -0.05) is 45.0 Å². The summed E-state index contributed by atoms with van der Waals surface area (Å²) in [5, 5.41) is 3.52. The molecule has 1 aliphatic heterocycles. The molecule has 0 spiro atoms. The lowest BCUT2D eigenvalue weighted by Gasteiger charge is -2.31. The van der Waals surface area contributed by atoms with Crippen molar-refractivity contribution in [3.63, 3.8) is 0 Å². The minimum absolute atomic E-state index is 0.574. The Balaban J connectivity index is 1.93. The standard InChI is InChI=1S/C18H30N2/c1-15(2)19-11-10-17-8-4-5-9-18(17)14-20-12-6-7-16(3)13-20/h4-5,8-9,15-16,19H,6-7,10-14H2,1-3H3. The highest BCUT2D eigenvalue weighted by molar-refractivity contribution is 5.27. The van der Waals surface area contributed by atoms with Crippen molar-refractivity contribution in [2.24, 2.45) is 5.92 Å². The van der Waals surface area contributed by atoms with Crippen LogP contribution in [-0.4, -0.2) is 30.6 Å². The van der Waals surface area contributed by atoms with Crippen LogP contribution in [0.25, 0.3) is 0 Å². The highest BCUT2D eigenvalue weighted by Crippen LogP contribution is 2.19. The first kappa shape index (κ1) is 15.5. The minimum Gasteiger partial charge on any atom is -0.314 e. The lowest BCUT2D eigenvalue weighted by molar-refractivity contribution is 0.176. The lowest BCUT2D eigenvalue weighted by atomic mass is 9.98. The molecule has 1 unspecified atom stereocenters. The third-order valence-electron chi connectivity index (χ3n) is 4.20. The number of benzene rings is 1. The van der Waals surface area contributed by atoms with E-state index >= 15 is 0 Å². The molecule has 112 valence electrons. The van der Waals surface area contributed by atoms with Gasteiger partial charge in [0.25, 0.3) is 0 Å². The summed E-state index contributed by atoms with van der Waals surface area (Å²) in [6.45, 7) is 11.5. The van der Waals surface area contributed by atoms with E-state index in [2.05, 4.69) is 55.3 Å². The van der Waals surface area contributed by atoms with Gasteiger partial charge in [-0.05, 0) is 49.4 Å². The maximum absolute atomic E-state index is 3.52. The summed E-state index contributed by atoms with van der Waals surface area (Å²) < 4.78 is 0. The van der Waals surface area contributed by atoms with E-state index in [4.69, 9.17) is 0 Å². The molecule has 2 nitrogen and oxygen atoms in total. The van der Waals surface area contributed by atoms with Crippen LogP contribution in [0.5, 0.6) is 0 Å². The highest BCUT2D eigenvalue weighted by atomic mass is 15.1. The quantitative estimate of drug-likeness (QED) is 0.854. The Labute approximate surface area is 124 Å². The molecule has 1 N–H and O–H groups in total. The Bertz CT molecular complexity index is 400. The van der Waals surface area contributed by atoms with E-state index in [0.717, 1.165) is 25.4 Å². The van der Waals surface area contributed by atoms with Crippen LogP contribution in [0.3, 0.4) is 0 Å². The van der Waals surface area contributed by atoms with Crippen LogP contribution >= 0.6 is 0 Å². The number of likely N-dealkylation sites (tertiary alicyclic amines) is 1. The Kier molecular flexibility index (Phi) is 6.06. The molecule has 1 atom stereocenters. The number of hydrogen-bond donors (Lipinski definition) is 1. The average Bonchev–Trinajstić information content (AvgIpc) is 2.40. The third-order valence-corrected chi connectivity index (χ3v) is 4.20. The zero-order chi connectivity index (χ0) is 14.4. The van der Waals surface area contributed by atoms with Gasteiger partial charge < -0.3 is 5.32 Å². The zero-order valence-corrected chi connectivity index (χ0v) is 13.4. The van der Waals surface area contributed by atoms with Crippen molar-refractivity contribution in [3.05, 3.63) is 35.4 Å². The van der Waals surface area contributed by atoms with Gasteiger partial charge in [-0.2, -0.15) is 0 Å². The third kappa shape index (κ3) is 4.92. The highest BCUT2D eigenvalue weighted by Gasteiger charge is 2.17. The molecule has 1 aromatic carbocycles. The minimum atomic E-state index is 0.574. The molecule has 0 bridgehead atoms. The second-order valence-electron chi connectivity index (χ2n) is 6.61. The van der Waals surface area contributed by atoms with Crippen molar-refractivity contribution in [2.45, 2.75) is 52.6 Å². The Morgan fingerprint density at radius 3 is 2.70 bits per heavy atom. The van der Waals surface area contributed by atoms with E-state index in [9.17, 15) is 0 Å². The van der Waals surface area contributed by atoms with E-state index < -0.39 is 0 Å². The van der Waals surface area contributed by atoms with Crippen LogP contribution in [0, 0.1) is 5.92 Å². The summed E-state index contributed by atoms with van der Waals surface area (Å²) in [6, 6.07) is 9.54. The van der Waals surface area contributed by atoms with Crippen LogP contribution < -0.4 is 5.32 Å². The van der Waals surface area contributed by atoms with E-state index in [0.29, 0.717) is 6.04 Å². The molecule has 1 aromatic rings. The fourth-order valence-electron chi connectivity index (χ4n) is 3.12. The molecule has 2 heteroatoms. The van der Waals surface area contributed by atoms with E-state index in [-0.39, 0.29) is 0 Å². The van der Waals surface area contributed by atoms with Gasteiger partial charge in [-0.25, -0.2) is 0 Å². The predicted octanol–water partition coefficient (Wildman–Crippen LogP) is 3.46. The molecule has 0 aliphatic carbocycles. The molecule has 20 heavy (non-hydrogen) atoms. The van der Waals surface area contributed by atoms with Gasteiger partial charge in [-0.15, -0.1) is 0 Å². The van der Waals surface area contributed by atoms with Crippen LogP contribution in [0.15, 0.2) is 24.3 Å². The average molecular weight is 274 g/mol. The predicted molar refractivity (Wildman–Crippen MR) is 87.0 cm³/mol. The number of piperidine rings is 1. The van der Waals surface area contributed by atoms with Crippen molar-refractivity contribution < 1.29 is 0 Å². The maximum atomic E-state index is 3.52. The van der Waals surface area contributed by atoms with Gasteiger partial charge >= 0.3 is 0 Å². The summed E-state index contributed by atoms with van der Waals surface area (Å²) in [5.41, 5.74) is 3.03. The normalized spacial score (nSPS) is 20.5. The van der Waals surface area contributed by atoms with Crippen LogP contribution in [0.4, 0.5) is 0 Å². The van der Waals surface area contributed by atoms with Crippen molar-refractivity contribution in [2.75, 3.05) is 19.6 Å². The van der Waals surface area contributed by atoms with Gasteiger partial charge in [0.05, 0.1) is 0 Å². The summed E-state index contributed by atoms with van der Waals surface area (Å²) in [4.78, 5) is 2.63. The Hall–Kier alpha value is -0.860. The summed E-state index contributed by atoms with van der Waals surface area (Å²) in [5.74, 6) is 0.860. The van der Waals surface area contributed by atoms with Gasteiger partial charge in [0.2, 0.25) is 0 Å². The molecule has 0 saturated carbocycles. The fraction of sp³-hybridized carbons (Fsp3) is 0.667. The van der Waals surface area contributed by atoms with E-state index in [1.165, 1.54) is 37.1 Å². The molecule has 2 rings (SSSR count). The number of rotatable bonds is 6. The SMILES string of the molecule is CC1CCCN(Cc2ccccc2CCNC(C)C)C1. The van der Waals surface area contributed by atoms with Crippen molar-refractivity contribution in [1.82, 2.24) is 10.2 Å². The molecule has 0 aromatic heterocycles. The van der Waals surface area contributed by atoms with Crippen LogP contribution in [0.2, 0.25) is 0 Å². The van der Waals surface area contributed by atoms with Crippen molar-refractivity contribution in [1.29, 1.82) is 0 Å². The first-order chi connectivity index (χ1) is 9.65. The first-order valence-electron chi connectivity index (χ1n) is 8.17. The summed E-state index contributed by atoms with van der Waals surface area (Å²) >= 11 is 0. The Morgan fingerprint density at radius 2 is 2.00 bits per heavy atom. The van der Waals surface area contributed by atoms with E-state index in [1.54, 1.807) is 0 Å². The van der Waals surface area contributed by atoms with Gasteiger partial charge in [0, 0.05) is 19.1 Å². The molecular weight excluding hydrogens is 244 g/mol. The number of hydrogen-bond acceptors (Lipinski definition) is 2. The lowest BCUT2D eigenvalue weighted by Crippen LogP contribution is -2.34. The van der Waals surface area contributed by atoms with Crippen molar-refractivity contribution >= 4 is 0 Å². The molecule has 0 radical (unpaired) electrons. The van der Waals surface area contributed by atoms with E-state index in [1.807, 2.05) is 0 Å². The first-order valence-corrected chi connectivity index (χ1v) is 8.17. The van der Waals surface area contributed by atoms with Gasteiger partial charge in [-0.3, -0.25) is 4.90 Å². The topological polar surface area (TPSA) is 15.3 Å². The molecular formula is C18H30N2. The summed E-state index contributed by atoms with van der Waals surface area (Å²) in [7, 11) is 0. The maximum Gasteiger partial charge on any atom is 0.0236 e. The number of nitrogens with one attached hydrogen (secondary N) is 1. The van der Waals surface area contributed by atoms with Gasteiger partial charge in [0.1, 0.15) is 0 Å². The fourth-order valence-corrected chi connectivity index (χ4v) is 3.12. The second-order valence-corrected chi connectivity index (χ2v) is 6.61. The van der Waals surface area contributed by atoms with Crippen LogP contribution in [0.1, 0.15) is 44.7 Å². The summed E-state index contributed by atoms with van der Waals surface area (Å²) in [6.07, 6.45) is 3.90. The smallest absolute Gasteiger partial charge is 0.0236 e. The zero-order valence-electron chi connectivity index (χ0n) is 13.4. The molecule has 0 amide bonds. The molecule has 1 heterocycles. The number of nitrogens with zero attached hydrogens (tertiary/aromatic N) is 1. The second kappa shape index (κ2) is 7.80. The largest absolute Gasteiger partial charge is 0.314 e. The molecule has 1 fully saturated rings. The molecule has 1 aliphatic rings. The van der Waals surface area contributed by atoms with Gasteiger partial charge in [0.15, 0.2) is 0 Å².